The van der Waals surface area contributed by atoms with E-state index >= 15 is 14.4 Å². The highest BCUT2D eigenvalue weighted by Crippen LogP contribution is 2.30. The molecule has 16 nitrogen and oxygen atoms in total. The van der Waals surface area contributed by atoms with E-state index in [1.54, 1.807) is 6.20 Å². The maximum absolute atomic E-state index is 15.5. The fourth-order valence-corrected chi connectivity index (χ4v) is 10.3. The minimum atomic E-state index is -1.24. The van der Waals surface area contributed by atoms with Crippen molar-refractivity contribution in [3.8, 4) is 0 Å². The van der Waals surface area contributed by atoms with Crippen LogP contribution in [0.5, 0.6) is 0 Å². The maximum Gasteiger partial charge on any atom is 0.246 e. The molecule has 404 valence electrons. The third-order valence-electron chi connectivity index (χ3n) is 14.8. The normalized spacial score (nSPS) is 23.9. The van der Waals surface area contributed by atoms with E-state index in [1.807, 2.05) is 128 Å². The first-order valence-corrected chi connectivity index (χ1v) is 26.8. The van der Waals surface area contributed by atoms with Crippen molar-refractivity contribution < 1.29 is 33.6 Å². The molecule has 0 aliphatic carbocycles. The van der Waals surface area contributed by atoms with Gasteiger partial charge in [0.15, 0.2) is 0 Å². The van der Waals surface area contributed by atoms with Crippen LogP contribution in [0, 0.1) is 18.8 Å². The van der Waals surface area contributed by atoms with Crippen molar-refractivity contribution in [2.45, 2.75) is 168 Å². The summed E-state index contributed by atoms with van der Waals surface area (Å²) in [5.41, 5.74) is 2.69. The van der Waals surface area contributed by atoms with E-state index in [0.717, 1.165) is 32.9 Å². The average Bonchev–Trinajstić information content (AvgIpc) is 3.74. The second kappa shape index (κ2) is 25.1. The van der Waals surface area contributed by atoms with E-state index in [0.29, 0.717) is 24.8 Å². The number of nitrogens with zero attached hydrogens (tertiary/aromatic N) is 5. The summed E-state index contributed by atoms with van der Waals surface area (Å²) >= 11 is 0. The van der Waals surface area contributed by atoms with Crippen molar-refractivity contribution in [1.29, 1.82) is 0 Å². The number of pyridine rings is 1. The number of benzene rings is 2. The Bertz CT molecular complexity index is 2780. The van der Waals surface area contributed by atoms with E-state index in [9.17, 15) is 19.2 Å². The Morgan fingerprint density at radius 1 is 0.747 bits per heavy atom. The van der Waals surface area contributed by atoms with Crippen LogP contribution in [-0.4, -0.2) is 129 Å². The number of carbonyl (C=O) groups is 7. The molecule has 2 aliphatic rings. The molecule has 2 bridgehead atoms. The van der Waals surface area contributed by atoms with Gasteiger partial charge in [0.25, 0.3) is 0 Å². The van der Waals surface area contributed by atoms with E-state index < -0.39 is 89.2 Å². The lowest BCUT2D eigenvalue weighted by atomic mass is 9.97. The van der Waals surface area contributed by atoms with Gasteiger partial charge in [-0.1, -0.05) is 96.0 Å². The largest absolute Gasteiger partial charge is 0.343 e. The predicted octanol–water partition coefficient (Wildman–Crippen LogP) is 6.66. The van der Waals surface area contributed by atoms with E-state index in [1.165, 1.54) is 35.7 Å². The van der Waals surface area contributed by atoms with Gasteiger partial charge < -0.3 is 40.5 Å². The molecule has 0 spiro atoms. The lowest BCUT2D eigenvalue weighted by Gasteiger charge is -2.38. The molecule has 16 heteroatoms. The Morgan fingerprint density at radius 2 is 1.40 bits per heavy atom. The first kappa shape index (κ1) is 57.4. The maximum atomic E-state index is 15.5. The van der Waals surface area contributed by atoms with Gasteiger partial charge in [-0.25, -0.2) is 0 Å². The van der Waals surface area contributed by atoms with Gasteiger partial charge in [-0.2, -0.15) is 0 Å². The summed E-state index contributed by atoms with van der Waals surface area (Å²) in [7, 11) is 3.05. The first-order valence-electron chi connectivity index (χ1n) is 26.8. The number of allylic oxidation sites excluding steroid dienone is 1. The molecule has 1 fully saturated rings. The lowest BCUT2D eigenvalue weighted by Crippen LogP contribution is -2.61. The Balaban J connectivity index is 1.50. The van der Waals surface area contributed by atoms with Crippen LogP contribution < -0.4 is 21.3 Å². The molecule has 4 heterocycles. The van der Waals surface area contributed by atoms with Crippen LogP contribution in [0.15, 0.2) is 85.7 Å². The number of nitrogens with one attached hydrogen (secondary N) is 4. The first-order chi connectivity index (χ1) is 35.5. The summed E-state index contributed by atoms with van der Waals surface area (Å²) in [6.45, 7) is 21.5. The van der Waals surface area contributed by atoms with Crippen LogP contribution in [0.25, 0.3) is 21.7 Å². The van der Waals surface area contributed by atoms with E-state index in [2.05, 4.69) is 37.4 Å². The molecule has 4 aromatic rings. The molecule has 0 radical (unpaired) electrons. The molecule has 0 unspecified atom stereocenters. The van der Waals surface area contributed by atoms with Gasteiger partial charge in [0.2, 0.25) is 41.4 Å². The summed E-state index contributed by atoms with van der Waals surface area (Å²) in [6, 6.07) is 7.60. The standard InChI is InChI=1S/C59H81N9O7/c1-13-15-22-45-52(69)64-47(33-43-35-68(59(9,10)14-2)48-23-19-18-21-44(43)48)57(74)66(12)50(28-36(3)4)54(71)63-46(32-40-25-26-41-30-38(7)60-34-42(41)31-40)53(70)61-39(8)56(73)65(11)49-24-17-16-20-27-67(58(49)75)51(29-37(5)6)55(72)62-45/h14,16-19,21,23,25-26,30-31,34-37,39,45-47,49-51H,2,13,15,20,22,24,27-29,32-33H2,1,3-12H3,(H,61,70)(H,62,72)(H,63,71)(H,64,69)/b17-16-/t39-,45-,46-,47-,49-,50-,51-/m0/s1. The molecule has 2 aromatic heterocycles. The number of aryl methyl sites for hydroxylation is 1. The Morgan fingerprint density at radius 3 is 2.09 bits per heavy atom. The number of unbranched alkanes of at least 4 members (excludes halogenated alkanes) is 1. The van der Waals surface area contributed by atoms with Crippen molar-refractivity contribution in [3.63, 3.8) is 0 Å². The number of aromatic nitrogens is 2. The summed E-state index contributed by atoms with van der Waals surface area (Å²) < 4.78 is 2.08. The number of para-hydroxylation sites is 1. The molecule has 2 aliphatic heterocycles. The number of amides is 7. The van der Waals surface area contributed by atoms with Crippen molar-refractivity contribution in [2.75, 3.05) is 20.6 Å². The fourth-order valence-electron chi connectivity index (χ4n) is 10.3. The van der Waals surface area contributed by atoms with Crippen LogP contribution in [0.4, 0.5) is 0 Å². The molecule has 0 saturated carbocycles. The molecule has 2 aromatic carbocycles. The summed E-state index contributed by atoms with van der Waals surface area (Å²) in [4.78, 5) is 113. The summed E-state index contributed by atoms with van der Waals surface area (Å²) in [6.07, 6.45) is 12.0. The van der Waals surface area contributed by atoms with Crippen LogP contribution in [0.3, 0.4) is 0 Å². The smallest absolute Gasteiger partial charge is 0.246 e. The second-order valence-electron chi connectivity index (χ2n) is 22.1. The zero-order valence-electron chi connectivity index (χ0n) is 46.1. The average molecular weight is 1030 g/mol. The number of hydrogen-bond donors (Lipinski definition) is 4. The lowest BCUT2D eigenvalue weighted by molar-refractivity contribution is -0.150. The Hall–Kier alpha value is -6.84. The molecule has 7 amide bonds. The van der Waals surface area contributed by atoms with Gasteiger partial charge in [0, 0.05) is 67.9 Å². The SMILES string of the molecule is C=CC(C)(C)n1cc(C[C@@H]2NC(=O)[C@H](CCCC)NC(=O)[C@H](CC(C)C)N3CC/C=C\C[C@@H](C3=O)N(C)C(=O)[C@H](C)NC(=O)[C@H](Cc3ccc4cc(C)ncc4c3)NC(=O)[C@H](CC(C)C)N(C)C2=O)c2ccccc21. The van der Waals surface area contributed by atoms with Crippen LogP contribution in [0.1, 0.15) is 117 Å². The Kier molecular flexibility index (Phi) is 19.2. The quantitative estimate of drug-likeness (QED) is 0.107. The molecule has 4 N–H and O–H groups in total. The summed E-state index contributed by atoms with van der Waals surface area (Å²) in [5.74, 6) is -4.07. The number of hydrogen-bond acceptors (Lipinski definition) is 8. The van der Waals surface area contributed by atoms with Crippen LogP contribution in [-0.2, 0) is 51.9 Å². The number of carbonyl (C=O) groups excluding carboxylic acids is 7. The van der Waals surface area contributed by atoms with Crippen molar-refractivity contribution >= 4 is 63.0 Å². The van der Waals surface area contributed by atoms with Gasteiger partial charge >= 0.3 is 0 Å². The van der Waals surface area contributed by atoms with Crippen molar-refractivity contribution in [3.05, 3.63) is 103 Å². The van der Waals surface area contributed by atoms with Crippen molar-refractivity contribution in [2.24, 2.45) is 11.8 Å². The van der Waals surface area contributed by atoms with Gasteiger partial charge in [-0.05, 0) is 106 Å². The van der Waals surface area contributed by atoms with Gasteiger partial charge in [0.05, 0.1) is 5.54 Å². The molecular formula is C59H81N9O7. The highest BCUT2D eigenvalue weighted by atomic mass is 16.2. The topological polar surface area (TPSA) is 195 Å². The van der Waals surface area contributed by atoms with Crippen LogP contribution in [0.2, 0.25) is 0 Å². The zero-order chi connectivity index (χ0) is 54.9. The zero-order valence-corrected chi connectivity index (χ0v) is 46.1. The monoisotopic (exact) mass is 1030 g/mol. The third-order valence-corrected chi connectivity index (χ3v) is 14.8. The number of rotatable bonds is 13. The predicted molar refractivity (Wildman–Crippen MR) is 294 cm³/mol. The highest BCUT2D eigenvalue weighted by molar-refractivity contribution is 5.99. The van der Waals surface area contributed by atoms with Crippen molar-refractivity contribution in [1.82, 2.24) is 45.5 Å². The van der Waals surface area contributed by atoms with Gasteiger partial charge in [0.1, 0.15) is 42.3 Å². The fraction of sp³-hybridized carbons (Fsp3) is 0.525. The molecule has 75 heavy (non-hydrogen) atoms. The molecular weight excluding hydrogens is 947 g/mol. The second-order valence-corrected chi connectivity index (χ2v) is 22.1. The molecule has 6 rings (SSSR count). The van der Waals surface area contributed by atoms with E-state index in [4.69, 9.17) is 0 Å². The number of fused-ring (bicyclic) bond motifs is 4. The number of likely N-dealkylation sites (N-methyl/N-ethyl adjacent to an activating group) is 2. The Labute approximate surface area is 443 Å². The van der Waals surface area contributed by atoms with Crippen LogP contribution >= 0.6 is 0 Å². The molecule has 1 saturated heterocycles. The highest BCUT2D eigenvalue weighted by Gasteiger charge is 2.41. The minimum absolute atomic E-state index is 0.0201. The van der Waals surface area contributed by atoms with Gasteiger partial charge in [-0.3, -0.25) is 38.5 Å². The minimum Gasteiger partial charge on any atom is -0.343 e. The van der Waals surface area contributed by atoms with E-state index in [-0.39, 0.29) is 56.9 Å². The summed E-state index contributed by atoms with van der Waals surface area (Å²) in [5, 5.41) is 14.6. The van der Waals surface area contributed by atoms with Gasteiger partial charge in [-0.15, -0.1) is 6.58 Å². The third kappa shape index (κ3) is 13.9. The molecule has 7 atom stereocenters.